The van der Waals surface area contributed by atoms with Gasteiger partial charge in [0.15, 0.2) is 0 Å². The highest BCUT2D eigenvalue weighted by Crippen LogP contribution is 2.16. The van der Waals surface area contributed by atoms with Gasteiger partial charge in [-0.1, -0.05) is 25.4 Å². The van der Waals surface area contributed by atoms with Crippen LogP contribution in [0.3, 0.4) is 0 Å². The third kappa shape index (κ3) is 4.38. The molecule has 1 heterocycles. The summed E-state index contributed by atoms with van der Waals surface area (Å²) in [6, 6.07) is 0.680. The number of hydrogen-bond acceptors (Lipinski definition) is 5. The number of hydrogen-bond donors (Lipinski definition) is 2. The molecule has 0 bridgehead atoms. The predicted octanol–water partition coefficient (Wildman–Crippen LogP) is 1.63. The van der Waals surface area contributed by atoms with E-state index in [9.17, 15) is 9.59 Å². The van der Waals surface area contributed by atoms with Crippen molar-refractivity contribution in [3.8, 4) is 0 Å². The second-order valence-corrected chi connectivity index (χ2v) is 5.14. The Balaban J connectivity index is 2.90. The lowest BCUT2D eigenvalue weighted by Gasteiger charge is -2.18. The number of pyridine rings is 1. The quantitative estimate of drug-likeness (QED) is 0.636. The standard InChI is InChI=1S/C13H18ClN3O3/c1-7(2)4-10(13(19)20-3)17-12(18)9-5-8(15)6-16-11(9)14/h5-7,10H,4,15H2,1-3H3,(H,17,18). The summed E-state index contributed by atoms with van der Waals surface area (Å²) in [5.41, 5.74) is 6.02. The summed E-state index contributed by atoms with van der Waals surface area (Å²) in [6.07, 6.45) is 1.82. The number of nitrogens with two attached hydrogens (primary N) is 1. The number of aromatic nitrogens is 1. The summed E-state index contributed by atoms with van der Waals surface area (Å²) in [6.45, 7) is 3.88. The van der Waals surface area contributed by atoms with E-state index in [1.54, 1.807) is 0 Å². The maximum Gasteiger partial charge on any atom is 0.328 e. The molecule has 0 spiro atoms. The first-order valence-corrected chi connectivity index (χ1v) is 6.52. The second-order valence-electron chi connectivity index (χ2n) is 4.79. The SMILES string of the molecule is COC(=O)C(CC(C)C)NC(=O)c1cc(N)cnc1Cl. The van der Waals surface area contributed by atoms with E-state index in [-0.39, 0.29) is 16.6 Å². The van der Waals surface area contributed by atoms with Crippen LogP contribution in [0.25, 0.3) is 0 Å². The normalized spacial score (nSPS) is 12.1. The van der Waals surface area contributed by atoms with Crippen LogP contribution in [0.2, 0.25) is 5.15 Å². The minimum atomic E-state index is -0.731. The monoisotopic (exact) mass is 299 g/mol. The Hall–Kier alpha value is -1.82. The molecule has 20 heavy (non-hydrogen) atoms. The van der Waals surface area contributed by atoms with Crippen molar-refractivity contribution in [1.82, 2.24) is 10.3 Å². The molecular weight excluding hydrogens is 282 g/mol. The third-order valence-corrected chi connectivity index (χ3v) is 2.90. The summed E-state index contributed by atoms with van der Waals surface area (Å²) in [5.74, 6) is -0.792. The average molecular weight is 300 g/mol. The van der Waals surface area contributed by atoms with Crippen LogP contribution in [0.1, 0.15) is 30.6 Å². The van der Waals surface area contributed by atoms with Gasteiger partial charge in [-0.25, -0.2) is 9.78 Å². The molecular formula is C13H18ClN3O3. The zero-order valence-corrected chi connectivity index (χ0v) is 12.4. The Labute approximate surface area is 122 Å². The van der Waals surface area contributed by atoms with Crippen LogP contribution in [0, 0.1) is 5.92 Å². The zero-order valence-electron chi connectivity index (χ0n) is 11.6. The summed E-state index contributed by atoms with van der Waals surface area (Å²) in [4.78, 5) is 27.6. The lowest BCUT2D eigenvalue weighted by Crippen LogP contribution is -2.42. The largest absolute Gasteiger partial charge is 0.467 e. The number of carbonyl (C=O) groups excluding carboxylic acids is 2. The number of methoxy groups -OCH3 is 1. The minimum Gasteiger partial charge on any atom is -0.467 e. The number of nitrogens with zero attached hydrogens (tertiary/aromatic N) is 1. The molecule has 0 fully saturated rings. The van der Waals surface area contributed by atoms with E-state index in [0.717, 1.165) is 0 Å². The van der Waals surface area contributed by atoms with Crippen molar-refractivity contribution < 1.29 is 14.3 Å². The molecule has 0 saturated heterocycles. The van der Waals surface area contributed by atoms with Crippen molar-refractivity contribution in [3.63, 3.8) is 0 Å². The van der Waals surface area contributed by atoms with E-state index in [1.165, 1.54) is 19.4 Å². The molecule has 1 atom stereocenters. The number of rotatable bonds is 5. The van der Waals surface area contributed by atoms with Crippen molar-refractivity contribution in [3.05, 3.63) is 23.0 Å². The highest BCUT2D eigenvalue weighted by atomic mass is 35.5. The highest BCUT2D eigenvalue weighted by molar-refractivity contribution is 6.32. The van der Waals surface area contributed by atoms with E-state index >= 15 is 0 Å². The first-order valence-electron chi connectivity index (χ1n) is 6.14. The molecule has 6 nitrogen and oxygen atoms in total. The Morgan fingerprint density at radius 2 is 2.15 bits per heavy atom. The van der Waals surface area contributed by atoms with E-state index in [0.29, 0.717) is 12.1 Å². The van der Waals surface area contributed by atoms with E-state index in [1.807, 2.05) is 13.8 Å². The molecule has 0 saturated carbocycles. The van der Waals surface area contributed by atoms with Crippen molar-refractivity contribution in [2.75, 3.05) is 12.8 Å². The van der Waals surface area contributed by atoms with E-state index < -0.39 is 17.9 Å². The van der Waals surface area contributed by atoms with Gasteiger partial charge in [-0.15, -0.1) is 0 Å². The first-order chi connectivity index (χ1) is 9.35. The van der Waals surface area contributed by atoms with Crippen LogP contribution in [0.5, 0.6) is 0 Å². The lowest BCUT2D eigenvalue weighted by atomic mass is 10.0. The topological polar surface area (TPSA) is 94.3 Å². The number of nitrogens with one attached hydrogen (secondary N) is 1. The van der Waals surface area contributed by atoms with Gasteiger partial charge in [0.1, 0.15) is 11.2 Å². The Morgan fingerprint density at radius 3 is 2.70 bits per heavy atom. The lowest BCUT2D eigenvalue weighted by molar-refractivity contribution is -0.143. The molecule has 0 radical (unpaired) electrons. The molecule has 110 valence electrons. The van der Waals surface area contributed by atoms with Gasteiger partial charge in [0.2, 0.25) is 0 Å². The molecule has 1 amide bonds. The maximum absolute atomic E-state index is 12.1. The molecule has 0 aliphatic carbocycles. The molecule has 1 aromatic heterocycles. The molecule has 1 unspecified atom stereocenters. The van der Waals surface area contributed by atoms with Gasteiger partial charge in [0, 0.05) is 0 Å². The van der Waals surface area contributed by atoms with Gasteiger partial charge in [0.05, 0.1) is 24.6 Å². The first kappa shape index (κ1) is 16.2. The number of anilines is 1. The Bertz CT molecular complexity index is 506. The zero-order chi connectivity index (χ0) is 15.3. The van der Waals surface area contributed by atoms with Crippen LogP contribution in [-0.4, -0.2) is 30.0 Å². The summed E-state index contributed by atoms with van der Waals surface area (Å²) >= 11 is 5.85. The van der Waals surface area contributed by atoms with Crippen LogP contribution in [-0.2, 0) is 9.53 Å². The third-order valence-electron chi connectivity index (χ3n) is 2.60. The molecule has 0 aliphatic rings. The van der Waals surface area contributed by atoms with Gasteiger partial charge in [-0.05, 0) is 18.4 Å². The van der Waals surface area contributed by atoms with Crippen LogP contribution in [0.4, 0.5) is 5.69 Å². The van der Waals surface area contributed by atoms with Crippen LogP contribution >= 0.6 is 11.6 Å². The average Bonchev–Trinajstić information content (AvgIpc) is 2.39. The molecule has 0 aromatic carbocycles. The second kappa shape index (κ2) is 7.09. The maximum atomic E-state index is 12.1. The van der Waals surface area contributed by atoms with Crippen LogP contribution in [0.15, 0.2) is 12.3 Å². The van der Waals surface area contributed by atoms with Gasteiger partial charge in [-0.3, -0.25) is 4.79 Å². The number of esters is 1. The molecule has 3 N–H and O–H groups in total. The molecule has 1 rings (SSSR count). The summed E-state index contributed by atoms with van der Waals surface area (Å²) < 4.78 is 4.68. The predicted molar refractivity (Wildman–Crippen MR) is 76.4 cm³/mol. The van der Waals surface area contributed by atoms with Crippen molar-refractivity contribution in [1.29, 1.82) is 0 Å². The molecule has 0 aliphatic heterocycles. The smallest absolute Gasteiger partial charge is 0.328 e. The number of nitrogen functional groups attached to an aromatic ring is 1. The van der Waals surface area contributed by atoms with E-state index in [2.05, 4.69) is 15.0 Å². The fourth-order valence-electron chi connectivity index (χ4n) is 1.69. The van der Waals surface area contributed by atoms with Gasteiger partial charge in [-0.2, -0.15) is 0 Å². The van der Waals surface area contributed by atoms with Gasteiger partial charge in [0.25, 0.3) is 5.91 Å². The van der Waals surface area contributed by atoms with Gasteiger partial charge >= 0.3 is 5.97 Å². The summed E-state index contributed by atoms with van der Waals surface area (Å²) in [5, 5.41) is 2.62. The number of halogens is 1. The Kier molecular flexibility index (Phi) is 5.76. The van der Waals surface area contributed by atoms with Crippen LogP contribution < -0.4 is 11.1 Å². The van der Waals surface area contributed by atoms with Crippen molar-refractivity contribution >= 4 is 29.2 Å². The number of carbonyl (C=O) groups is 2. The van der Waals surface area contributed by atoms with Crippen molar-refractivity contribution in [2.24, 2.45) is 5.92 Å². The fraction of sp³-hybridized carbons (Fsp3) is 0.462. The Morgan fingerprint density at radius 1 is 1.50 bits per heavy atom. The molecule has 7 heteroatoms. The number of ether oxygens (including phenoxy) is 1. The molecule has 1 aromatic rings. The number of amides is 1. The fourth-order valence-corrected chi connectivity index (χ4v) is 1.88. The minimum absolute atomic E-state index is 0.0323. The van der Waals surface area contributed by atoms with Gasteiger partial charge < -0.3 is 15.8 Å². The van der Waals surface area contributed by atoms with Crippen molar-refractivity contribution in [2.45, 2.75) is 26.3 Å². The highest BCUT2D eigenvalue weighted by Gasteiger charge is 2.24. The summed E-state index contributed by atoms with van der Waals surface area (Å²) in [7, 11) is 1.27. The van der Waals surface area contributed by atoms with E-state index in [4.69, 9.17) is 17.3 Å².